The molecular weight excluding hydrogens is 280 g/mol. The number of ether oxygens (including phenoxy) is 1. The fourth-order valence-corrected chi connectivity index (χ4v) is 3.29. The molecule has 2 aliphatic heterocycles. The third kappa shape index (κ3) is 3.20. The molecule has 5 heteroatoms. The first-order chi connectivity index (χ1) is 10.5. The molecule has 0 aliphatic carbocycles. The summed E-state index contributed by atoms with van der Waals surface area (Å²) in [6, 6.07) is 7.44. The number of benzene rings is 1. The quantitative estimate of drug-likeness (QED) is 0.859. The molecule has 0 aromatic heterocycles. The maximum Gasteiger partial charge on any atom is 0.251 e. The predicted molar refractivity (Wildman–Crippen MR) is 83.1 cm³/mol. The normalized spacial score (nSPS) is 28.2. The van der Waals surface area contributed by atoms with E-state index >= 15 is 0 Å². The number of ketones is 1. The van der Waals surface area contributed by atoms with Gasteiger partial charge in [-0.25, -0.2) is 0 Å². The summed E-state index contributed by atoms with van der Waals surface area (Å²) in [5, 5.41) is 3.09. The highest BCUT2D eigenvalue weighted by atomic mass is 16.5. The van der Waals surface area contributed by atoms with E-state index < -0.39 is 0 Å². The molecule has 0 radical (unpaired) electrons. The van der Waals surface area contributed by atoms with Gasteiger partial charge in [0.15, 0.2) is 5.78 Å². The Kier molecular flexibility index (Phi) is 4.27. The fourth-order valence-electron chi connectivity index (χ4n) is 3.29. The highest BCUT2D eigenvalue weighted by Crippen LogP contribution is 2.23. The van der Waals surface area contributed by atoms with Crippen molar-refractivity contribution in [2.45, 2.75) is 38.5 Å². The van der Waals surface area contributed by atoms with Gasteiger partial charge in [-0.3, -0.25) is 14.5 Å². The maximum absolute atomic E-state index is 12.4. The average Bonchev–Trinajstić information content (AvgIpc) is 2.88. The van der Waals surface area contributed by atoms with E-state index in [4.69, 9.17) is 4.74 Å². The number of amides is 1. The van der Waals surface area contributed by atoms with Crippen LogP contribution in [-0.4, -0.2) is 54.5 Å². The van der Waals surface area contributed by atoms with Gasteiger partial charge in [0.25, 0.3) is 5.91 Å². The smallest absolute Gasteiger partial charge is 0.251 e. The number of carbonyl (C=O) groups excluding carboxylic acids is 2. The summed E-state index contributed by atoms with van der Waals surface area (Å²) in [6.45, 7) is 6.13. The third-order valence-corrected chi connectivity index (χ3v) is 4.46. The number of nitrogens with one attached hydrogen (secondary N) is 1. The Morgan fingerprint density at radius 3 is 2.82 bits per heavy atom. The standard InChI is InChI=1S/C17H22N2O3/c1-11-8-19-9-15(7-16(19)10-22-11)18-17(21)14-5-3-4-13(6-14)12(2)20/h3-6,11,15-16H,7-10H2,1-2H3,(H,18,21)/t11-,15-,16-/m0/s1. The molecule has 0 saturated carbocycles. The molecule has 22 heavy (non-hydrogen) atoms. The molecule has 1 aromatic carbocycles. The van der Waals surface area contributed by atoms with Crippen LogP contribution in [0.1, 0.15) is 41.0 Å². The van der Waals surface area contributed by atoms with Gasteiger partial charge in [0.1, 0.15) is 0 Å². The van der Waals surface area contributed by atoms with Crippen LogP contribution >= 0.6 is 0 Å². The summed E-state index contributed by atoms with van der Waals surface area (Å²) >= 11 is 0. The lowest BCUT2D eigenvalue weighted by Crippen LogP contribution is -2.45. The predicted octanol–water partition coefficient (Wildman–Crippen LogP) is 1.48. The lowest BCUT2D eigenvalue weighted by atomic mass is 10.1. The SMILES string of the molecule is CC(=O)c1cccc(C(=O)N[C@H]2C[C@H]3CO[C@@H](C)CN3C2)c1. The van der Waals surface area contributed by atoms with Crippen LogP contribution in [0.3, 0.4) is 0 Å². The highest BCUT2D eigenvalue weighted by Gasteiger charge is 2.36. The third-order valence-electron chi connectivity index (χ3n) is 4.46. The average molecular weight is 302 g/mol. The van der Waals surface area contributed by atoms with E-state index in [1.165, 1.54) is 6.92 Å². The number of Topliss-reactive ketones (excluding diaryl/α,β-unsaturated/α-hetero) is 1. The molecule has 5 nitrogen and oxygen atoms in total. The zero-order chi connectivity index (χ0) is 15.7. The number of rotatable bonds is 3. The topological polar surface area (TPSA) is 58.6 Å². The first kappa shape index (κ1) is 15.2. The van der Waals surface area contributed by atoms with Crippen LogP contribution < -0.4 is 5.32 Å². The number of hydrogen-bond acceptors (Lipinski definition) is 4. The molecule has 2 saturated heterocycles. The molecule has 2 aliphatic rings. The number of hydrogen-bond donors (Lipinski definition) is 1. The molecule has 118 valence electrons. The van der Waals surface area contributed by atoms with Gasteiger partial charge in [-0.05, 0) is 32.4 Å². The van der Waals surface area contributed by atoms with Crippen molar-refractivity contribution in [3.8, 4) is 0 Å². The van der Waals surface area contributed by atoms with Crippen LogP contribution in [0.2, 0.25) is 0 Å². The van der Waals surface area contributed by atoms with E-state index in [2.05, 4.69) is 17.1 Å². The van der Waals surface area contributed by atoms with E-state index in [0.29, 0.717) is 17.2 Å². The van der Waals surface area contributed by atoms with Gasteiger partial charge in [-0.15, -0.1) is 0 Å². The second-order valence-electron chi connectivity index (χ2n) is 6.29. The van der Waals surface area contributed by atoms with Crippen molar-refractivity contribution in [3.05, 3.63) is 35.4 Å². The largest absolute Gasteiger partial charge is 0.376 e. The van der Waals surface area contributed by atoms with Crippen molar-refractivity contribution < 1.29 is 14.3 Å². The van der Waals surface area contributed by atoms with Gasteiger partial charge in [-0.2, -0.15) is 0 Å². The molecule has 0 unspecified atom stereocenters. The van der Waals surface area contributed by atoms with E-state index in [0.717, 1.165) is 26.1 Å². The molecular formula is C17H22N2O3. The summed E-state index contributed by atoms with van der Waals surface area (Å²) in [5.74, 6) is -0.138. The van der Waals surface area contributed by atoms with Crippen LogP contribution in [0, 0.1) is 0 Å². The summed E-state index contributed by atoms with van der Waals surface area (Å²) in [7, 11) is 0. The zero-order valence-corrected chi connectivity index (χ0v) is 13.0. The van der Waals surface area contributed by atoms with Gasteiger partial charge < -0.3 is 10.1 Å². The fraction of sp³-hybridized carbons (Fsp3) is 0.529. The van der Waals surface area contributed by atoms with Crippen LogP contribution in [0.25, 0.3) is 0 Å². The molecule has 3 rings (SSSR count). The molecule has 1 aromatic rings. The van der Waals surface area contributed by atoms with Gasteiger partial charge in [0.05, 0.1) is 12.7 Å². The highest BCUT2D eigenvalue weighted by molar-refractivity contribution is 5.99. The summed E-state index contributed by atoms with van der Waals surface area (Å²) in [4.78, 5) is 26.2. The lowest BCUT2D eigenvalue weighted by molar-refractivity contribution is -0.0390. The van der Waals surface area contributed by atoms with Crippen molar-refractivity contribution in [2.75, 3.05) is 19.7 Å². The summed E-state index contributed by atoms with van der Waals surface area (Å²) < 4.78 is 5.68. The van der Waals surface area contributed by atoms with Gasteiger partial charge in [0.2, 0.25) is 0 Å². The van der Waals surface area contributed by atoms with Crippen LogP contribution in [0.4, 0.5) is 0 Å². The minimum atomic E-state index is -0.109. The number of carbonyl (C=O) groups is 2. The monoisotopic (exact) mass is 302 g/mol. The maximum atomic E-state index is 12.4. The zero-order valence-electron chi connectivity index (χ0n) is 13.0. The Hall–Kier alpha value is -1.72. The van der Waals surface area contributed by atoms with E-state index in [1.807, 2.05) is 0 Å². The van der Waals surface area contributed by atoms with Crippen molar-refractivity contribution in [3.63, 3.8) is 0 Å². The Bertz CT molecular complexity index is 587. The van der Waals surface area contributed by atoms with E-state index in [-0.39, 0.29) is 23.8 Å². The lowest BCUT2D eigenvalue weighted by Gasteiger charge is -2.33. The number of morpholine rings is 1. The number of fused-ring (bicyclic) bond motifs is 1. The minimum absolute atomic E-state index is 0.0289. The first-order valence-electron chi connectivity index (χ1n) is 7.80. The van der Waals surface area contributed by atoms with Crippen LogP contribution in [0.15, 0.2) is 24.3 Å². The van der Waals surface area contributed by atoms with Gasteiger partial charge >= 0.3 is 0 Å². The summed E-state index contributed by atoms with van der Waals surface area (Å²) in [5.41, 5.74) is 1.11. The van der Waals surface area contributed by atoms with E-state index in [1.54, 1.807) is 24.3 Å². The van der Waals surface area contributed by atoms with Crippen LogP contribution in [-0.2, 0) is 4.74 Å². The van der Waals surface area contributed by atoms with Gasteiger partial charge in [-0.1, -0.05) is 12.1 Å². The van der Waals surface area contributed by atoms with Crippen molar-refractivity contribution in [2.24, 2.45) is 0 Å². The van der Waals surface area contributed by atoms with Crippen molar-refractivity contribution >= 4 is 11.7 Å². The Labute approximate surface area is 130 Å². The molecule has 2 heterocycles. The molecule has 2 fully saturated rings. The van der Waals surface area contributed by atoms with E-state index in [9.17, 15) is 9.59 Å². The van der Waals surface area contributed by atoms with Crippen molar-refractivity contribution in [1.82, 2.24) is 10.2 Å². The Morgan fingerprint density at radius 1 is 1.27 bits per heavy atom. The molecule has 0 spiro atoms. The summed E-state index contributed by atoms with van der Waals surface area (Å²) in [6.07, 6.45) is 1.18. The Morgan fingerprint density at radius 2 is 2.05 bits per heavy atom. The van der Waals surface area contributed by atoms with Gasteiger partial charge in [0, 0.05) is 36.3 Å². The van der Waals surface area contributed by atoms with Crippen molar-refractivity contribution in [1.29, 1.82) is 0 Å². The second kappa shape index (κ2) is 6.18. The van der Waals surface area contributed by atoms with Crippen LogP contribution in [0.5, 0.6) is 0 Å². The molecule has 1 amide bonds. The Balaban J connectivity index is 1.63. The second-order valence-corrected chi connectivity index (χ2v) is 6.29. The minimum Gasteiger partial charge on any atom is -0.376 e. The molecule has 3 atom stereocenters. The molecule has 0 bridgehead atoms. The number of nitrogens with zero attached hydrogens (tertiary/aromatic N) is 1. The first-order valence-corrected chi connectivity index (χ1v) is 7.80. The molecule has 1 N–H and O–H groups in total.